The van der Waals surface area contributed by atoms with Crippen molar-refractivity contribution in [2.75, 3.05) is 0 Å². The normalized spacial score (nSPS) is 12.5. The van der Waals surface area contributed by atoms with E-state index in [0.29, 0.717) is 12.8 Å². The lowest BCUT2D eigenvalue weighted by molar-refractivity contribution is -0.147. The van der Waals surface area contributed by atoms with E-state index < -0.39 is 24.1 Å². The minimum atomic E-state index is -1.16. The largest absolute Gasteiger partial charge is 0.479 e. The Hall–Kier alpha value is -1.14. The molecule has 0 aromatic heterocycles. The summed E-state index contributed by atoms with van der Waals surface area (Å²) in [5.41, 5.74) is 0. The maximum atomic E-state index is 10.4. The summed E-state index contributed by atoms with van der Waals surface area (Å²) in [5, 5.41) is 35.2. The first-order valence-electron chi connectivity index (χ1n) is 16.2. The van der Waals surface area contributed by atoms with E-state index >= 15 is 0 Å². The zero-order valence-corrected chi connectivity index (χ0v) is 25.1. The van der Waals surface area contributed by atoms with Gasteiger partial charge in [-0.05, 0) is 12.8 Å². The van der Waals surface area contributed by atoms with Crippen LogP contribution in [0.1, 0.15) is 181 Å². The van der Waals surface area contributed by atoms with E-state index in [0.717, 1.165) is 25.7 Å². The van der Waals surface area contributed by atoms with Gasteiger partial charge >= 0.3 is 11.9 Å². The average Bonchev–Trinajstić information content (AvgIpc) is 2.89. The van der Waals surface area contributed by atoms with Crippen molar-refractivity contribution in [1.29, 1.82) is 0 Å². The van der Waals surface area contributed by atoms with Crippen LogP contribution in [0.25, 0.3) is 0 Å². The van der Waals surface area contributed by atoms with Crippen LogP contribution in [0.4, 0.5) is 0 Å². The van der Waals surface area contributed by atoms with E-state index in [2.05, 4.69) is 13.8 Å². The van der Waals surface area contributed by atoms with Crippen LogP contribution >= 0.6 is 0 Å². The molecule has 0 fully saturated rings. The van der Waals surface area contributed by atoms with E-state index in [1.165, 1.54) is 128 Å². The molecule has 0 aliphatic carbocycles. The van der Waals surface area contributed by atoms with Crippen LogP contribution in [0.15, 0.2) is 0 Å². The second-order valence-electron chi connectivity index (χ2n) is 11.1. The van der Waals surface area contributed by atoms with Gasteiger partial charge in [-0.25, -0.2) is 9.59 Å². The first-order chi connectivity index (χ1) is 18.4. The van der Waals surface area contributed by atoms with E-state index in [9.17, 15) is 9.59 Å². The van der Waals surface area contributed by atoms with Crippen LogP contribution in [0, 0.1) is 0 Å². The van der Waals surface area contributed by atoms with Crippen molar-refractivity contribution in [2.24, 2.45) is 0 Å². The van der Waals surface area contributed by atoms with Crippen LogP contribution in [0.5, 0.6) is 0 Å². The molecule has 0 amide bonds. The number of carbonyl (C=O) groups is 2. The Balaban J connectivity index is 0. The molecule has 2 atom stereocenters. The standard InChI is InChI=1S/2C16H32O3/c2*1-2-3-4-5-6-7-8-9-10-11-12-13-14-15(17)16(18)19/h2*15,17H,2-14H2,1H3,(H,18,19). The molecule has 6 nitrogen and oxygen atoms in total. The van der Waals surface area contributed by atoms with E-state index in [-0.39, 0.29) is 0 Å². The highest BCUT2D eigenvalue weighted by atomic mass is 16.4. The maximum Gasteiger partial charge on any atom is 0.332 e. The third kappa shape index (κ3) is 32.9. The minimum absolute atomic E-state index is 0.396. The minimum Gasteiger partial charge on any atom is -0.479 e. The fourth-order valence-corrected chi connectivity index (χ4v) is 4.60. The van der Waals surface area contributed by atoms with Crippen molar-refractivity contribution >= 4 is 11.9 Å². The Morgan fingerprint density at radius 2 is 0.579 bits per heavy atom. The van der Waals surface area contributed by atoms with Gasteiger partial charge in [-0.1, -0.05) is 168 Å². The zero-order chi connectivity index (χ0) is 28.7. The van der Waals surface area contributed by atoms with Gasteiger partial charge in [0.05, 0.1) is 0 Å². The molecule has 0 rings (SSSR count). The lowest BCUT2D eigenvalue weighted by Crippen LogP contribution is -2.18. The zero-order valence-electron chi connectivity index (χ0n) is 25.1. The molecule has 2 unspecified atom stereocenters. The van der Waals surface area contributed by atoms with Gasteiger partial charge in [-0.3, -0.25) is 0 Å². The summed E-state index contributed by atoms with van der Waals surface area (Å²) in [5.74, 6) is -2.19. The second-order valence-corrected chi connectivity index (χ2v) is 11.1. The summed E-state index contributed by atoms with van der Waals surface area (Å²) >= 11 is 0. The third-order valence-corrected chi connectivity index (χ3v) is 7.23. The SMILES string of the molecule is CCCCCCCCCCCCCCC(O)C(=O)O.CCCCCCCCCCCCCCC(O)C(=O)O. The molecular formula is C32H64O6. The number of carboxylic acid groups (broad SMARTS) is 2. The number of rotatable bonds is 28. The van der Waals surface area contributed by atoms with Crippen LogP contribution in [-0.2, 0) is 9.59 Å². The van der Waals surface area contributed by atoms with Crippen molar-refractivity contribution in [2.45, 2.75) is 193 Å². The molecule has 0 aliphatic rings. The first kappa shape index (κ1) is 39.0. The lowest BCUT2D eigenvalue weighted by atomic mass is 10.0. The monoisotopic (exact) mass is 544 g/mol. The smallest absolute Gasteiger partial charge is 0.332 e. The molecule has 0 saturated heterocycles. The molecular weight excluding hydrogens is 480 g/mol. The molecule has 38 heavy (non-hydrogen) atoms. The number of hydrogen-bond acceptors (Lipinski definition) is 4. The number of carboxylic acids is 2. The van der Waals surface area contributed by atoms with E-state index in [4.69, 9.17) is 20.4 Å². The predicted molar refractivity (Wildman–Crippen MR) is 159 cm³/mol. The molecule has 0 aromatic carbocycles. The highest BCUT2D eigenvalue weighted by Crippen LogP contribution is 2.14. The Bertz CT molecular complexity index is 452. The predicted octanol–water partition coefficient (Wildman–Crippen LogP) is 9.05. The van der Waals surface area contributed by atoms with Gasteiger partial charge in [0.1, 0.15) is 0 Å². The number of aliphatic hydroxyl groups excluding tert-OH is 2. The van der Waals surface area contributed by atoms with Gasteiger partial charge in [0.15, 0.2) is 12.2 Å². The molecule has 228 valence electrons. The fraction of sp³-hybridized carbons (Fsp3) is 0.938. The highest BCUT2D eigenvalue weighted by molar-refractivity contribution is 5.72. The molecule has 0 spiro atoms. The summed E-state index contributed by atoms with van der Waals surface area (Å²) in [6, 6.07) is 0. The van der Waals surface area contributed by atoms with Gasteiger partial charge in [-0.15, -0.1) is 0 Å². The molecule has 0 radical (unpaired) electrons. The number of aliphatic carboxylic acids is 2. The molecule has 0 aliphatic heterocycles. The van der Waals surface area contributed by atoms with Crippen LogP contribution in [0.3, 0.4) is 0 Å². The summed E-state index contributed by atoms with van der Waals surface area (Å²) in [6.45, 7) is 4.49. The number of unbranched alkanes of at least 4 members (excludes halogenated alkanes) is 22. The van der Waals surface area contributed by atoms with Crippen molar-refractivity contribution in [3.63, 3.8) is 0 Å². The molecule has 0 bridgehead atoms. The summed E-state index contributed by atoms with van der Waals surface area (Å²) in [4.78, 5) is 20.8. The van der Waals surface area contributed by atoms with Crippen LogP contribution < -0.4 is 0 Å². The Morgan fingerprint density at radius 3 is 0.763 bits per heavy atom. The van der Waals surface area contributed by atoms with Gasteiger partial charge in [0, 0.05) is 0 Å². The Morgan fingerprint density at radius 1 is 0.395 bits per heavy atom. The van der Waals surface area contributed by atoms with Crippen molar-refractivity contribution in [1.82, 2.24) is 0 Å². The third-order valence-electron chi connectivity index (χ3n) is 7.23. The fourth-order valence-electron chi connectivity index (χ4n) is 4.60. The summed E-state index contributed by atoms with van der Waals surface area (Å²) < 4.78 is 0. The molecule has 0 saturated carbocycles. The average molecular weight is 545 g/mol. The quantitative estimate of drug-likeness (QED) is 0.0730. The van der Waals surface area contributed by atoms with Crippen LogP contribution in [-0.4, -0.2) is 44.6 Å². The van der Waals surface area contributed by atoms with E-state index in [1.807, 2.05) is 0 Å². The number of aliphatic hydroxyl groups is 2. The van der Waals surface area contributed by atoms with Crippen LogP contribution in [0.2, 0.25) is 0 Å². The lowest BCUT2D eigenvalue weighted by Gasteiger charge is -2.05. The Kier molecular flexibility index (Phi) is 32.9. The van der Waals surface area contributed by atoms with Gasteiger partial charge in [0.2, 0.25) is 0 Å². The second kappa shape index (κ2) is 32.1. The van der Waals surface area contributed by atoms with Crippen molar-refractivity contribution in [3.8, 4) is 0 Å². The molecule has 0 aromatic rings. The Labute approximate surface area is 235 Å². The van der Waals surface area contributed by atoms with Crippen molar-refractivity contribution < 1.29 is 30.0 Å². The van der Waals surface area contributed by atoms with Gasteiger partial charge in [-0.2, -0.15) is 0 Å². The first-order valence-corrected chi connectivity index (χ1v) is 16.2. The maximum absolute atomic E-state index is 10.4. The number of hydrogen-bond donors (Lipinski definition) is 4. The van der Waals surface area contributed by atoms with Crippen molar-refractivity contribution in [3.05, 3.63) is 0 Å². The molecule has 0 heterocycles. The van der Waals surface area contributed by atoms with E-state index in [1.54, 1.807) is 0 Å². The molecule has 4 N–H and O–H groups in total. The highest BCUT2D eigenvalue weighted by Gasteiger charge is 2.12. The topological polar surface area (TPSA) is 115 Å². The summed E-state index contributed by atoms with van der Waals surface area (Å²) in [7, 11) is 0. The molecule has 6 heteroatoms. The van der Waals surface area contributed by atoms with Gasteiger partial charge in [0.25, 0.3) is 0 Å². The summed E-state index contributed by atoms with van der Waals surface area (Å²) in [6.07, 6.45) is 28.7. The van der Waals surface area contributed by atoms with Gasteiger partial charge < -0.3 is 20.4 Å².